The molecule has 0 aliphatic heterocycles. The largest absolute Gasteiger partial charge is 0.444 e. The van der Waals surface area contributed by atoms with Crippen molar-refractivity contribution < 1.29 is 37.0 Å². The molecule has 0 saturated carbocycles. The first-order valence-corrected chi connectivity index (χ1v) is 9.92. The maximum Gasteiger partial charge on any atom is 0.408 e. The Morgan fingerprint density at radius 2 is 1.56 bits per heavy atom. The smallest absolute Gasteiger partial charge is 0.408 e. The van der Waals surface area contributed by atoms with E-state index in [2.05, 4.69) is 5.32 Å². The Labute approximate surface area is 184 Å². The highest BCUT2D eigenvalue weighted by molar-refractivity contribution is 5.97. The number of benzene rings is 2. The first kappa shape index (κ1) is 25.4. The Bertz CT molecular complexity index is 893. The van der Waals surface area contributed by atoms with Crippen molar-refractivity contribution in [1.29, 1.82) is 0 Å². The summed E-state index contributed by atoms with van der Waals surface area (Å²) in [5.41, 5.74) is -0.147. The lowest BCUT2D eigenvalue weighted by atomic mass is 10.1. The number of hydrogen-bond donors (Lipinski definition) is 1. The maximum atomic E-state index is 13.3. The van der Waals surface area contributed by atoms with Crippen LogP contribution in [0.5, 0.6) is 0 Å². The molecule has 2 aromatic rings. The second-order valence-electron chi connectivity index (χ2n) is 8.04. The number of hydrogen-bond acceptors (Lipinski definition) is 5. The van der Waals surface area contributed by atoms with Gasteiger partial charge in [-0.05, 0) is 38.5 Å². The number of carbonyl (C=O) groups is 2. The fourth-order valence-electron chi connectivity index (χ4n) is 2.59. The topological polar surface area (TPSA) is 73.9 Å². The summed E-state index contributed by atoms with van der Waals surface area (Å²) in [5, 5.41) is 2.61. The van der Waals surface area contributed by atoms with E-state index in [1.165, 1.54) is 0 Å². The minimum atomic E-state index is -1.65. The molecule has 32 heavy (non-hydrogen) atoms. The van der Waals surface area contributed by atoms with Gasteiger partial charge in [-0.3, -0.25) is 4.79 Å². The van der Waals surface area contributed by atoms with Crippen LogP contribution in [-0.2, 0) is 20.8 Å². The summed E-state index contributed by atoms with van der Waals surface area (Å²) in [6, 6.07) is 9.91. The number of amides is 1. The summed E-state index contributed by atoms with van der Waals surface area (Å²) in [7, 11) is 0. The number of ether oxygens (including phenoxy) is 3. The third-order valence-corrected chi connectivity index (χ3v) is 4.01. The SMILES string of the molecule is CC(C)(C)OC(=O)NC(COCC(=O)c1cc(F)c(F)c(F)c1)COCc1ccccc1. The predicted octanol–water partition coefficient (Wildman–Crippen LogP) is 4.41. The highest BCUT2D eigenvalue weighted by Crippen LogP contribution is 2.14. The summed E-state index contributed by atoms with van der Waals surface area (Å²) in [6.45, 7) is 4.82. The van der Waals surface area contributed by atoms with E-state index in [0.717, 1.165) is 5.56 Å². The molecule has 0 spiro atoms. The average Bonchev–Trinajstić information content (AvgIpc) is 2.70. The molecule has 0 saturated heterocycles. The van der Waals surface area contributed by atoms with Gasteiger partial charge in [0.15, 0.2) is 23.2 Å². The van der Waals surface area contributed by atoms with Gasteiger partial charge in [-0.25, -0.2) is 18.0 Å². The fraction of sp³-hybridized carbons (Fsp3) is 0.391. The molecule has 0 fully saturated rings. The Balaban J connectivity index is 1.92. The third kappa shape index (κ3) is 8.68. The zero-order chi connectivity index (χ0) is 23.7. The van der Waals surface area contributed by atoms with Gasteiger partial charge < -0.3 is 19.5 Å². The average molecular weight is 453 g/mol. The van der Waals surface area contributed by atoms with Crippen molar-refractivity contribution in [1.82, 2.24) is 5.32 Å². The standard InChI is InChI=1S/C23H26F3NO5/c1-23(2,3)32-22(29)27-17(12-30-11-15-7-5-4-6-8-15)13-31-14-20(28)16-9-18(24)21(26)19(25)10-16/h4-10,17H,11-14H2,1-3H3,(H,27,29). The van der Waals surface area contributed by atoms with E-state index in [1.807, 2.05) is 30.3 Å². The highest BCUT2D eigenvalue weighted by atomic mass is 19.2. The molecule has 9 heteroatoms. The van der Waals surface area contributed by atoms with Crippen LogP contribution in [0.3, 0.4) is 0 Å². The second kappa shape index (κ2) is 11.6. The van der Waals surface area contributed by atoms with Crippen LogP contribution in [-0.4, -0.2) is 43.3 Å². The van der Waals surface area contributed by atoms with E-state index < -0.39 is 47.6 Å². The van der Waals surface area contributed by atoms with E-state index in [-0.39, 0.29) is 18.8 Å². The lowest BCUT2D eigenvalue weighted by Crippen LogP contribution is -2.44. The summed E-state index contributed by atoms with van der Waals surface area (Å²) in [5.74, 6) is -5.33. The molecule has 174 valence electrons. The number of Topliss-reactive ketones (excluding diaryl/α,β-unsaturated/α-hetero) is 1. The molecule has 1 amide bonds. The van der Waals surface area contributed by atoms with Crippen molar-refractivity contribution in [3.63, 3.8) is 0 Å². The minimum absolute atomic E-state index is 0.0577. The number of nitrogens with one attached hydrogen (secondary N) is 1. The van der Waals surface area contributed by atoms with Crippen LogP contribution >= 0.6 is 0 Å². The zero-order valence-corrected chi connectivity index (χ0v) is 18.1. The summed E-state index contributed by atoms with van der Waals surface area (Å²) in [4.78, 5) is 24.2. The number of alkyl carbamates (subject to hydrolysis) is 1. The van der Waals surface area contributed by atoms with Gasteiger partial charge in [-0.15, -0.1) is 0 Å². The molecule has 0 aliphatic carbocycles. The van der Waals surface area contributed by atoms with Crippen molar-refractivity contribution in [2.45, 2.75) is 39.0 Å². The zero-order valence-electron chi connectivity index (χ0n) is 18.1. The molecule has 2 aromatic carbocycles. The molecule has 0 aliphatic rings. The van der Waals surface area contributed by atoms with Gasteiger partial charge in [0, 0.05) is 5.56 Å². The van der Waals surface area contributed by atoms with Gasteiger partial charge in [0.25, 0.3) is 0 Å². The molecule has 0 aromatic heterocycles. The Morgan fingerprint density at radius 1 is 0.969 bits per heavy atom. The molecule has 1 unspecified atom stereocenters. The van der Waals surface area contributed by atoms with Crippen molar-refractivity contribution in [2.75, 3.05) is 19.8 Å². The van der Waals surface area contributed by atoms with Crippen LogP contribution in [0.25, 0.3) is 0 Å². The summed E-state index contributed by atoms with van der Waals surface area (Å²) < 4.78 is 55.9. The van der Waals surface area contributed by atoms with Crippen molar-refractivity contribution >= 4 is 11.9 Å². The van der Waals surface area contributed by atoms with Gasteiger partial charge in [0.05, 0.1) is 25.9 Å². The Hall–Kier alpha value is -2.91. The van der Waals surface area contributed by atoms with E-state index >= 15 is 0 Å². The molecule has 0 radical (unpaired) electrons. The number of ketones is 1. The molecule has 0 heterocycles. The van der Waals surface area contributed by atoms with E-state index in [1.54, 1.807) is 20.8 Å². The molecule has 1 atom stereocenters. The third-order valence-electron chi connectivity index (χ3n) is 4.01. The first-order chi connectivity index (χ1) is 15.0. The number of carbonyl (C=O) groups excluding carboxylic acids is 2. The van der Waals surface area contributed by atoms with E-state index in [9.17, 15) is 22.8 Å². The van der Waals surface area contributed by atoms with Gasteiger partial charge in [-0.2, -0.15) is 0 Å². The second-order valence-corrected chi connectivity index (χ2v) is 8.04. The van der Waals surface area contributed by atoms with Crippen LogP contribution < -0.4 is 5.32 Å². The highest BCUT2D eigenvalue weighted by Gasteiger charge is 2.21. The predicted molar refractivity (Wildman–Crippen MR) is 111 cm³/mol. The van der Waals surface area contributed by atoms with Crippen molar-refractivity contribution in [2.24, 2.45) is 0 Å². The van der Waals surface area contributed by atoms with Crippen LogP contribution in [0.2, 0.25) is 0 Å². The maximum absolute atomic E-state index is 13.3. The van der Waals surface area contributed by atoms with Gasteiger partial charge >= 0.3 is 6.09 Å². The molecule has 6 nitrogen and oxygen atoms in total. The fourth-order valence-corrected chi connectivity index (χ4v) is 2.59. The Kier molecular flexibility index (Phi) is 9.22. The Morgan fingerprint density at radius 3 is 2.16 bits per heavy atom. The molecular weight excluding hydrogens is 427 g/mol. The van der Waals surface area contributed by atoms with Crippen LogP contribution in [0.1, 0.15) is 36.7 Å². The van der Waals surface area contributed by atoms with E-state index in [4.69, 9.17) is 14.2 Å². The van der Waals surface area contributed by atoms with Gasteiger partial charge in [-0.1, -0.05) is 30.3 Å². The molecule has 1 N–H and O–H groups in total. The van der Waals surface area contributed by atoms with Crippen molar-refractivity contribution in [3.8, 4) is 0 Å². The van der Waals surface area contributed by atoms with Crippen molar-refractivity contribution in [3.05, 3.63) is 71.0 Å². The molecule has 0 bridgehead atoms. The normalized spacial score (nSPS) is 12.3. The number of halogens is 3. The first-order valence-electron chi connectivity index (χ1n) is 9.92. The lowest BCUT2D eigenvalue weighted by Gasteiger charge is -2.23. The number of rotatable bonds is 10. The molecule has 2 rings (SSSR count). The quantitative estimate of drug-likeness (QED) is 0.426. The summed E-state index contributed by atoms with van der Waals surface area (Å²) >= 11 is 0. The van der Waals surface area contributed by atoms with Crippen LogP contribution in [0, 0.1) is 17.5 Å². The van der Waals surface area contributed by atoms with Crippen LogP contribution in [0.4, 0.5) is 18.0 Å². The van der Waals surface area contributed by atoms with Gasteiger partial charge in [0.1, 0.15) is 12.2 Å². The van der Waals surface area contributed by atoms with E-state index in [0.29, 0.717) is 18.7 Å². The van der Waals surface area contributed by atoms with Crippen LogP contribution in [0.15, 0.2) is 42.5 Å². The monoisotopic (exact) mass is 453 g/mol. The summed E-state index contributed by atoms with van der Waals surface area (Å²) in [6.07, 6.45) is -0.691. The minimum Gasteiger partial charge on any atom is -0.444 e. The molecular formula is C23H26F3NO5. The lowest BCUT2D eigenvalue weighted by molar-refractivity contribution is 0.0265. The van der Waals surface area contributed by atoms with Gasteiger partial charge in [0.2, 0.25) is 0 Å².